The Labute approximate surface area is 353 Å². The number of nitrogens with zero attached hydrogens (tertiary/aromatic N) is 4. The van der Waals surface area contributed by atoms with Crippen LogP contribution in [0, 0.1) is 6.92 Å². The van der Waals surface area contributed by atoms with Crippen LogP contribution < -0.4 is 32.5 Å². The molecule has 6 N–H and O–H groups in total. The molecule has 22 heteroatoms. The average molecular weight is 864 g/mol. The fourth-order valence-electron chi connectivity index (χ4n) is 6.37. The molecule has 0 saturated carbocycles. The normalized spacial score (nSPS) is 16.6. The molecule has 4 amide bonds. The minimum atomic E-state index is -1.45. The molecule has 0 aliphatic carbocycles. The number of hydrogen-bond donors (Lipinski definition) is 6. The number of hydrogen-bond acceptors (Lipinski definition) is 13. The monoisotopic (exact) mass is 863 g/mol. The number of carboxylic acid groups (broad SMARTS) is 1. The van der Waals surface area contributed by atoms with Crippen molar-refractivity contribution in [3.8, 4) is 0 Å². The summed E-state index contributed by atoms with van der Waals surface area (Å²) in [5.41, 5.74) is 7.93. The van der Waals surface area contributed by atoms with Gasteiger partial charge in [-0.3, -0.25) is 43.1 Å². The summed E-state index contributed by atoms with van der Waals surface area (Å²) >= 11 is 0. The van der Waals surface area contributed by atoms with Crippen LogP contribution in [0.2, 0.25) is 0 Å². The molecule has 5 atom stereocenters. The van der Waals surface area contributed by atoms with Gasteiger partial charge in [-0.15, -0.1) is 0 Å². The average Bonchev–Trinajstić information content (AvgIpc) is 3.61. The number of rotatable bonds is 30. The minimum Gasteiger partial charge on any atom is -0.480 e. The highest BCUT2D eigenvalue weighted by molar-refractivity contribution is 5.88. The Bertz CT molecular complexity index is 1790. The summed E-state index contributed by atoms with van der Waals surface area (Å²) in [6.07, 6.45) is 10.5. The second-order valence-electron chi connectivity index (χ2n) is 14.8. The van der Waals surface area contributed by atoms with E-state index in [9.17, 15) is 43.2 Å². The molecule has 0 spiro atoms. The van der Waals surface area contributed by atoms with Gasteiger partial charge < -0.3 is 40.6 Å². The van der Waals surface area contributed by atoms with E-state index in [0.29, 0.717) is 6.42 Å². The molecule has 340 valence electrons. The van der Waals surface area contributed by atoms with Gasteiger partial charge in [0.2, 0.25) is 23.6 Å². The van der Waals surface area contributed by atoms with E-state index in [2.05, 4.69) is 43.2 Å². The zero-order valence-corrected chi connectivity index (χ0v) is 35.2. The smallest absolute Gasteiger partial charge is 0.330 e. The lowest BCUT2D eigenvalue weighted by atomic mass is 10.1. The van der Waals surface area contributed by atoms with Gasteiger partial charge in [-0.05, 0) is 25.3 Å². The maximum atomic E-state index is 13.3. The number of aliphatic carboxylic acids is 1. The highest BCUT2D eigenvalue weighted by Gasteiger charge is 2.38. The third-order valence-corrected chi connectivity index (χ3v) is 9.71. The molecular weight excluding hydrogens is 802 g/mol. The van der Waals surface area contributed by atoms with Crippen molar-refractivity contribution in [2.45, 2.75) is 154 Å². The molecule has 22 nitrogen and oxygen atoms in total. The van der Waals surface area contributed by atoms with Gasteiger partial charge in [0, 0.05) is 55.8 Å². The lowest BCUT2D eigenvalue weighted by molar-refractivity contribution is -0.153. The Morgan fingerprint density at radius 3 is 2.20 bits per heavy atom. The number of azide groups is 1. The maximum Gasteiger partial charge on any atom is 0.330 e. The van der Waals surface area contributed by atoms with E-state index in [1.807, 2.05) is 0 Å². The number of amides is 4. The number of aryl methyl sites for hydroxylation is 1. The summed E-state index contributed by atoms with van der Waals surface area (Å²) in [6, 6.07) is -3.61. The third kappa shape index (κ3) is 20.9. The molecule has 2 unspecified atom stereocenters. The van der Waals surface area contributed by atoms with E-state index < -0.39 is 109 Å². The summed E-state index contributed by atoms with van der Waals surface area (Å²) in [6.45, 7) is 2.95. The molecule has 1 aromatic heterocycles. The van der Waals surface area contributed by atoms with Crippen molar-refractivity contribution < 1.29 is 52.9 Å². The van der Waals surface area contributed by atoms with Crippen molar-refractivity contribution in [3.63, 3.8) is 0 Å². The molecule has 1 saturated heterocycles. The second-order valence-corrected chi connectivity index (χ2v) is 14.8. The standard InChI is InChI=1S/C39H61N9O13/c1-4-5-6-7-8-9-10-11-12-13-14-15-35(54)59-23-29(43-26(3)49)37(56)41-19-18-32(51)44-27(16-17-31(50)42-21-34(52)53)38(57)60-24-30-28(46-47-40)20-33(61-30)48-22-25(2)36(55)45-39(48)58/h22,27-30,33H,4-21,23-24H2,1-3H3,(H,41,56)(H,42,50)(H,43,49)(H,44,51)(H,52,53)(H,45,55,58)/t27?,28-,29?,30+,33+/m0/s1. The van der Waals surface area contributed by atoms with Gasteiger partial charge in [0.15, 0.2) is 0 Å². The Kier molecular flexibility index (Phi) is 24.1. The van der Waals surface area contributed by atoms with Crippen LogP contribution in [-0.2, 0) is 47.8 Å². The Morgan fingerprint density at radius 1 is 0.918 bits per heavy atom. The van der Waals surface area contributed by atoms with Crippen molar-refractivity contribution in [2.75, 3.05) is 26.3 Å². The van der Waals surface area contributed by atoms with Crippen LogP contribution in [0.5, 0.6) is 0 Å². The zero-order valence-electron chi connectivity index (χ0n) is 35.2. The minimum absolute atomic E-state index is 0.0159. The number of ether oxygens (including phenoxy) is 3. The largest absolute Gasteiger partial charge is 0.480 e. The summed E-state index contributed by atoms with van der Waals surface area (Å²) in [4.78, 5) is 116. The number of carboxylic acids is 1. The molecule has 2 rings (SSSR count). The SMILES string of the molecule is CCCCCCCCCCCCCC(=O)OCC(NC(C)=O)C(=O)NCCC(=O)NC(CCC(=O)NCC(=O)O)C(=O)OC[C@H]1O[C@@H](n2cc(C)c(=O)[nH]c2=O)C[C@@H]1N=[N+]=[N-]. The Hall–Kier alpha value is -5.76. The van der Waals surface area contributed by atoms with Crippen molar-refractivity contribution in [1.29, 1.82) is 0 Å². The van der Waals surface area contributed by atoms with Gasteiger partial charge in [-0.25, -0.2) is 9.59 Å². The first-order valence-electron chi connectivity index (χ1n) is 20.8. The first kappa shape index (κ1) is 51.4. The summed E-state index contributed by atoms with van der Waals surface area (Å²) in [7, 11) is 0. The van der Waals surface area contributed by atoms with Gasteiger partial charge >= 0.3 is 23.6 Å². The summed E-state index contributed by atoms with van der Waals surface area (Å²) < 4.78 is 17.6. The van der Waals surface area contributed by atoms with Crippen LogP contribution in [0.4, 0.5) is 0 Å². The van der Waals surface area contributed by atoms with Crippen molar-refractivity contribution in [2.24, 2.45) is 5.11 Å². The first-order chi connectivity index (χ1) is 29.1. The fraction of sp³-hybridized carbons (Fsp3) is 0.718. The van der Waals surface area contributed by atoms with Crippen molar-refractivity contribution >= 4 is 41.5 Å². The Morgan fingerprint density at radius 2 is 1.57 bits per heavy atom. The van der Waals surface area contributed by atoms with E-state index >= 15 is 0 Å². The molecule has 0 aromatic carbocycles. The van der Waals surface area contributed by atoms with Crippen LogP contribution in [0.25, 0.3) is 10.4 Å². The van der Waals surface area contributed by atoms with E-state index in [0.717, 1.165) is 23.8 Å². The first-order valence-corrected chi connectivity index (χ1v) is 20.8. The second kappa shape index (κ2) is 28.7. The Balaban J connectivity index is 1.92. The van der Waals surface area contributed by atoms with Crippen LogP contribution in [0.15, 0.2) is 20.9 Å². The summed E-state index contributed by atoms with van der Waals surface area (Å²) in [5.74, 6) is -5.65. The molecule has 1 aliphatic heterocycles. The number of nitrogens with one attached hydrogen (secondary N) is 5. The third-order valence-electron chi connectivity index (χ3n) is 9.71. The van der Waals surface area contributed by atoms with Crippen LogP contribution >= 0.6 is 0 Å². The maximum absolute atomic E-state index is 13.3. The molecule has 0 radical (unpaired) electrons. The number of H-pyrrole nitrogens is 1. The highest BCUT2D eigenvalue weighted by atomic mass is 16.6. The summed E-state index contributed by atoms with van der Waals surface area (Å²) in [5, 5.41) is 22.0. The lowest BCUT2D eigenvalue weighted by Gasteiger charge is -2.21. The molecule has 1 fully saturated rings. The van der Waals surface area contributed by atoms with E-state index in [1.54, 1.807) is 0 Å². The number of carbonyl (C=O) groups excluding carboxylic acids is 6. The predicted octanol–water partition coefficient (Wildman–Crippen LogP) is 2.08. The molecule has 2 heterocycles. The van der Waals surface area contributed by atoms with Crippen molar-refractivity contribution in [3.05, 3.63) is 43.0 Å². The number of unbranched alkanes of at least 4 members (excludes halogenated alkanes) is 10. The number of carbonyl (C=O) groups is 7. The quantitative estimate of drug-likeness (QED) is 0.0212. The molecule has 1 aliphatic rings. The van der Waals surface area contributed by atoms with Gasteiger partial charge in [0.05, 0.1) is 6.04 Å². The topological polar surface area (TPSA) is 319 Å². The van der Waals surface area contributed by atoms with E-state index in [4.69, 9.17) is 24.8 Å². The molecular formula is C39H61N9O13. The van der Waals surface area contributed by atoms with Crippen LogP contribution in [0.3, 0.4) is 0 Å². The number of aromatic nitrogens is 2. The zero-order chi connectivity index (χ0) is 45.2. The van der Waals surface area contributed by atoms with Crippen molar-refractivity contribution in [1.82, 2.24) is 30.8 Å². The lowest BCUT2D eigenvalue weighted by Crippen LogP contribution is -2.50. The predicted molar refractivity (Wildman–Crippen MR) is 218 cm³/mol. The van der Waals surface area contributed by atoms with E-state index in [-0.39, 0.29) is 37.8 Å². The van der Waals surface area contributed by atoms with Gasteiger partial charge in [0.1, 0.15) is 44.2 Å². The van der Waals surface area contributed by atoms with Crippen LogP contribution in [-0.4, -0.2) is 107 Å². The molecule has 1 aromatic rings. The van der Waals surface area contributed by atoms with Gasteiger partial charge in [-0.2, -0.15) is 0 Å². The van der Waals surface area contributed by atoms with Gasteiger partial charge in [0.25, 0.3) is 5.56 Å². The fourth-order valence-corrected chi connectivity index (χ4v) is 6.37. The highest BCUT2D eigenvalue weighted by Crippen LogP contribution is 2.30. The molecule has 0 bridgehead atoms. The van der Waals surface area contributed by atoms with E-state index in [1.165, 1.54) is 65.0 Å². The number of aromatic amines is 1. The van der Waals surface area contributed by atoms with Gasteiger partial charge in [-0.1, -0.05) is 76.2 Å². The molecule has 61 heavy (non-hydrogen) atoms. The van der Waals surface area contributed by atoms with Crippen LogP contribution in [0.1, 0.15) is 128 Å². The number of esters is 2.